The number of terminal acetylenes is 1. The van der Waals surface area contributed by atoms with Gasteiger partial charge in [-0.2, -0.15) is 13.2 Å². The number of pyridine rings is 1. The first kappa shape index (κ1) is 18.8. The lowest BCUT2D eigenvalue weighted by Crippen LogP contribution is -2.32. The van der Waals surface area contributed by atoms with Crippen LogP contribution in [0.15, 0.2) is 12.3 Å². The molecule has 1 aliphatic rings. The van der Waals surface area contributed by atoms with Crippen molar-refractivity contribution in [3.8, 4) is 12.3 Å². The van der Waals surface area contributed by atoms with Crippen LogP contribution >= 0.6 is 0 Å². The van der Waals surface area contributed by atoms with Crippen LogP contribution in [-0.4, -0.2) is 47.3 Å². The van der Waals surface area contributed by atoms with E-state index in [2.05, 4.69) is 16.2 Å². The van der Waals surface area contributed by atoms with E-state index in [1.54, 1.807) is 4.90 Å². The number of likely N-dealkylation sites (tertiary alicyclic amines) is 1. The van der Waals surface area contributed by atoms with Crippen molar-refractivity contribution < 1.29 is 18.0 Å². The first-order valence-electron chi connectivity index (χ1n) is 7.97. The number of nitrogens with one attached hydrogen (secondary N) is 2. The maximum absolute atomic E-state index is 12.6. The van der Waals surface area contributed by atoms with E-state index in [0.717, 1.165) is 25.7 Å². The Morgan fingerprint density at radius 1 is 1.32 bits per heavy atom. The fourth-order valence-electron chi connectivity index (χ4n) is 2.63. The monoisotopic (exact) mass is 352 g/mol. The molecule has 0 atom stereocenters. The van der Waals surface area contributed by atoms with Crippen LogP contribution in [0.2, 0.25) is 0 Å². The topological polar surface area (TPSA) is 69.1 Å². The average molecular weight is 352 g/mol. The van der Waals surface area contributed by atoms with Gasteiger partial charge in [-0.05, 0) is 18.9 Å². The zero-order valence-corrected chi connectivity index (χ0v) is 13.6. The van der Waals surface area contributed by atoms with Gasteiger partial charge in [-0.3, -0.25) is 15.2 Å². The highest BCUT2D eigenvalue weighted by atomic mass is 19.4. The van der Waals surface area contributed by atoms with Crippen LogP contribution in [0.5, 0.6) is 0 Å². The number of alkyl halides is 3. The molecule has 5 nitrogen and oxygen atoms in total. The number of carbonyl (C=O) groups is 1. The molecule has 0 saturated carbocycles. The van der Waals surface area contributed by atoms with Crippen molar-refractivity contribution in [2.24, 2.45) is 0 Å². The molecule has 1 fully saturated rings. The lowest BCUT2D eigenvalue weighted by Gasteiger charge is -2.20. The van der Waals surface area contributed by atoms with Crippen LogP contribution in [0.25, 0.3) is 0 Å². The number of anilines is 1. The molecule has 0 aliphatic carbocycles. The second-order valence-electron chi connectivity index (χ2n) is 5.81. The SMILES string of the molecule is C#CC(=N)c1cnc(C(=O)N2CCCCCC2)cc1NCC(F)(F)F. The molecule has 2 heterocycles. The van der Waals surface area contributed by atoms with Crippen molar-refractivity contribution in [3.05, 3.63) is 23.5 Å². The molecule has 1 aromatic heterocycles. The first-order chi connectivity index (χ1) is 11.8. The van der Waals surface area contributed by atoms with E-state index in [4.69, 9.17) is 11.8 Å². The fourth-order valence-corrected chi connectivity index (χ4v) is 2.63. The minimum atomic E-state index is -4.44. The van der Waals surface area contributed by atoms with Crippen LogP contribution in [0.1, 0.15) is 41.7 Å². The van der Waals surface area contributed by atoms with Gasteiger partial charge in [0.1, 0.15) is 18.0 Å². The summed E-state index contributed by atoms with van der Waals surface area (Å²) in [5, 5.41) is 9.87. The second-order valence-corrected chi connectivity index (χ2v) is 5.81. The Bertz CT molecular complexity index is 686. The number of nitrogens with zero attached hydrogens (tertiary/aromatic N) is 2. The van der Waals surface area contributed by atoms with Crippen LogP contribution < -0.4 is 5.32 Å². The highest BCUT2D eigenvalue weighted by Crippen LogP contribution is 2.22. The summed E-state index contributed by atoms with van der Waals surface area (Å²) >= 11 is 0. The smallest absolute Gasteiger partial charge is 0.376 e. The van der Waals surface area contributed by atoms with Crippen molar-refractivity contribution in [1.29, 1.82) is 5.41 Å². The van der Waals surface area contributed by atoms with E-state index in [9.17, 15) is 18.0 Å². The van der Waals surface area contributed by atoms with Gasteiger partial charge in [-0.15, -0.1) is 6.42 Å². The van der Waals surface area contributed by atoms with Gasteiger partial charge in [0, 0.05) is 30.5 Å². The van der Waals surface area contributed by atoms with Gasteiger partial charge < -0.3 is 10.2 Å². The van der Waals surface area contributed by atoms with Gasteiger partial charge in [-0.25, -0.2) is 0 Å². The zero-order chi connectivity index (χ0) is 18.4. The normalized spacial score (nSPS) is 15.2. The zero-order valence-electron chi connectivity index (χ0n) is 13.6. The molecular formula is C17H19F3N4O. The average Bonchev–Trinajstić information content (AvgIpc) is 2.87. The maximum Gasteiger partial charge on any atom is 0.405 e. The third-order valence-electron chi connectivity index (χ3n) is 3.91. The number of carbonyl (C=O) groups excluding carboxylic acids is 1. The highest BCUT2D eigenvalue weighted by Gasteiger charge is 2.28. The number of amides is 1. The molecule has 0 bridgehead atoms. The number of hydrogen-bond acceptors (Lipinski definition) is 4. The Balaban J connectivity index is 2.28. The van der Waals surface area contributed by atoms with Crippen LogP contribution in [0.4, 0.5) is 18.9 Å². The van der Waals surface area contributed by atoms with E-state index >= 15 is 0 Å². The van der Waals surface area contributed by atoms with Gasteiger partial charge >= 0.3 is 6.18 Å². The minimum absolute atomic E-state index is 0.0200. The van der Waals surface area contributed by atoms with Crippen LogP contribution in [0, 0.1) is 17.8 Å². The van der Waals surface area contributed by atoms with Crippen molar-refractivity contribution in [2.45, 2.75) is 31.9 Å². The molecule has 8 heteroatoms. The summed E-state index contributed by atoms with van der Waals surface area (Å²) in [6, 6.07) is 1.24. The standard InChI is InChI=1S/C17H19F3N4O/c1-2-13(21)12-10-22-15(9-14(12)23-11-17(18,19)20)16(25)24-7-5-3-4-6-8-24/h1,9-10,21H,3-8,11H2,(H,22,23). The Kier molecular flexibility index (Phi) is 6.02. The molecule has 0 unspecified atom stereocenters. The molecule has 134 valence electrons. The Morgan fingerprint density at radius 2 is 1.96 bits per heavy atom. The van der Waals surface area contributed by atoms with Crippen molar-refractivity contribution in [3.63, 3.8) is 0 Å². The molecule has 1 amide bonds. The quantitative estimate of drug-likeness (QED) is 0.646. The third-order valence-corrected chi connectivity index (χ3v) is 3.91. The van der Waals surface area contributed by atoms with Gasteiger partial charge in [0.15, 0.2) is 0 Å². The molecule has 0 aromatic carbocycles. The van der Waals surface area contributed by atoms with E-state index in [-0.39, 0.29) is 28.6 Å². The van der Waals surface area contributed by atoms with E-state index in [1.807, 2.05) is 0 Å². The Morgan fingerprint density at radius 3 is 2.52 bits per heavy atom. The molecule has 1 saturated heterocycles. The lowest BCUT2D eigenvalue weighted by atomic mass is 10.1. The summed E-state index contributed by atoms with van der Waals surface area (Å²) in [6.07, 6.45) is 5.78. The predicted molar refractivity (Wildman–Crippen MR) is 88.8 cm³/mol. The Labute approximate surface area is 144 Å². The number of hydrogen-bond donors (Lipinski definition) is 2. The molecule has 1 aliphatic heterocycles. The number of aromatic nitrogens is 1. The van der Waals surface area contributed by atoms with Gasteiger partial charge in [0.25, 0.3) is 5.91 Å². The summed E-state index contributed by atoms with van der Waals surface area (Å²) < 4.78 is 37.5. The largest absolute Gasteiger partial charge is 0.405 e. The van der Waals surface area contributed by atoms with E-state index in [1.165, 1.54) is 12.3 Å². The maximum atomic E-state index is 12.6. The molecule has 25 heavy (non-hydrogen) atoms. The minimum Gasteiger partial charge on any atom is -0.376 e. The molecule has 0 spiro atoms. The van der Waals surface area contributed by atoms with Crippen molar-refractivity contribution in [1.82, 2.24) is 9.88 Å². The van der Waals surface area contributed by atoms with Crippen LogP contribution in [0.3, 0.4) is 0 Å². The fraction of sp³-hybridized carbons (Fsp3) is 0.471. The van der Waals surface area contributed by atoms with Gasteiger partial charge in [0.2, 0.25) is 0 Å². The van der Waals surface area contributed by atoms with Crippen molar-refractivity contribution in [2.75, 3.05) is 25.0 Å². The van der Waals surface area contributed by atoms with Crippen LogP contribution in [-0.2, 0) is 0 Å². The number of halogens is 3. The first-order valence-corrected chi connectivity index (χ1v) is 7.97. The molecule has 0 radical (unpaired) electrons. The molecule has 1 aromatic rings. The summed E-state index contributed by atoms with van der Waals surface area (Å²) in [7, 11) is 0. The molecule has 2 rings (SSSR count). The van der Waals surface area contributed by atoms with Gasteiger partial charge in [-0.1, -0.05) is 18.8 Å². The third kappa shape index (κ3) is 5.21. The predicted octanol–water partition coefficient (Wildman–Crippen LogP) is 3.07. The van der Waals surface area contributed by atoms with Gasteiger partial charge in [0.05, 0.1) is 0 Å². The second kappa shape index (κ2) is 8.01. The molecular weight excluding hydrogens is 333 g/mol. The van der Waals surface area contributed by atoms with E-state index in [0.29, 0.717) is 13.1 Å². The Hall–Kier alpha value is -2.56. The summed E-state index contributed by atoms with van der Waals surface area (Å²) in [5.41, 5.74) is -0.223. The summed E-state index contributed by atoms with van der Waals surface area (Å²) in [4.78, 5) is 18.2. The summed E-state index contributed by atoms with van der Waals surface area (Å²) in [6.45, 7) is -0.0826. The molecule has 2 N–H and O–H groups in total. The summed E-state index contributed by atoms with van der Waals surface area (Å²) in [5.74, 6) is 1.74. The van der Waals surface area contributed by atoms with E-state index < -0.39 is 12.7 Å². The lowest BCUT2D eigenvalue weighted by molar-refractivity contribution is -0.115. The number of rotatable bonds is 4. The van der Waals surface area contributed by atoms with Crippen molar-refractivity contribution >= 4 is 17.3 Å². The highest BCUT2D eigenvalue weighted by molar-refractivity contribution is 6.14.